The van der Waals surface area contributed by atoms with Crippen LogP contribution in [0.5, 0.6) is 0 Å². The van der Waals surface area contributed by atoms with Gasteiger partial charge in [-0.2, -0.15) is 0 Å². The Morgan fingerprint density at radius 3 is 2.41 bits per heavy atom. The second-order valence-electron chi connectivity index (χ2n) is 7.45. The fraction of sp³-hybridized carbons (Fsp3) is 0.429. The molecule has 1 heterocycles. The van der Waals surface area contributed by atoms with Crippen molar-refractivity contribution in [1.29, 1.82) is 0 Å². The monoisotopic (exact) mass is 388 g/mol. The highest BCUT2D eigenvalue weighted by Gasteiger charge is 2.14. The number of aromatic nitrogens is 1. The van der Waals surface area contributed by atoms with E-state index in [0.29, 0.717) is 24.2 Å². The summed E-state index contributed by atoms with van der Waals surface area (Å²) >= 11 is 5.80. The van der Waals surface area contributed by atoms with Crippen LogP contribution in [0.25, 0.3) is 0 Å². The highest BCUT2D eigenvalue weighted by molar-refractivity contribution is 6.29. The van der Waals surface area contributed by atoms with E-state index in [1.807, 2.05) is 25.1 Å². The van der Waals surface area contributed by atoms with Gasteiger partial charge in [0.15, 0.2) is 5.96 Å². The van der Waals surface area contributed by atoms with Crippen LogP contribution < -0.4 is 10.6 Å². The number of pyridine rings is 1. The quantitative estimate of drug-likeness (QED) is 0.399. The number of rotatable bonds is 6. The van der Waals surface area contributed by atoms with Crippen molar-refractivity contribution in [2.24, 2.45) is 4.99 Å². The van der Waals surface area contributed by atoms with Crippen LogP contribution in [-0.4, -0.2) is 29.1 Å². The van der Waals surface area contributed by atoms with Gasteiger partial charge in [0, 0.05) is 19.3 Å². The number of hydrogen-bond donors (Lipinski definition) is 3. The predicted octanol–water partition coefficient (Wildman–Crippen LogP) is 3.82. The third-order valence-electron chi connectivity index (χ3n) is 4.18. The lowest BCUT2D eigenvalue weighted by atomic mass is 9.86. The Kier molecular flexibility index (Phi) is 7.63. The highest BCUT2D eigenvalue weighted by atomic mass is 35.5. The van der Waals surface area contributed by atoms with Crippen molar-refractivity contribution in [3.8, 4) is 0 Å². The third kappa shape index (κ3) is 6.85. The number of nitrogens with one attached hydrogen (secondary N) is 2. The van der Waals surface area contributed by atoms with Gasteiger partial charge in [-0.3, -0.25) is 0 Å². The molecule has 27 heavy (non-hydrogen) atoms. The molecule has 0 amide bonds. The molecule has 1 unspecified atom stereocenters. The lowest BCUT2D eigenvalue weighted by molar-refractivity contribution is 0.181. The van der Waals surface area contributed by atoms with Gasteiger partial charge in [0.05, 0.1) is 12.6 Å². The first kappa shape index (κ1) is 21.2. The number of aliphatic hydroxyl groups excluding tert-OH is 1. The molecule has 0 saturated heterocycles. The Labute approximate surface area is 166 Å². The van der Waals surface area contributed by atoms with Crippen molar-refractivity contribution in [3.63, 3.8) is 0 Å². The van der Waals surface area contributed by atoms with Crippen LogP contribution in [0.3, 0.4) is 0 Å². The number of hydrogen-bond acceptors (Lipinski definition) is 3. The maximum Gasteiger partial charge on any atom is 0.191 e. The SMILES string of the molecule is CCNC(=NCc1ccc(Cl)nc1)NCC(O)c1ccc(C(C)(C)C)cc1. The lowest BCUT2D eigenvalue weighted by Crippen LogP contribution is -2.39. The molecule has 0 aliphatic carbocycles. The Morgan fingerprint density at radius 1 is 1.15 bits per heavy atom. The van der Waals surface area contributed by atoms with Gasteiger partial charge in [0.25, 0.3) is 0 Å². The first-order valence-electron chi connectivity index (χ1n) is 9.20. The summed E-state index contributed by atoms with van der Waals surface area (Å²) in [5, 5.41) is 17.3. The maximum atomic E-state index is 10.5. The van der Waals surface area contributed by atoms with Gasteiger partial charge in [-0.15, -0.1) is 0 Å². The number of guanidine groups is 1. The normalized spacial score (nSPS) is 13.3. The van der Waals surface area contributed by atoms with E-state index in [9.17, 15) is 5.11 Å². The van der Waals surface area contributed by atoms with Gasteiger partial charge < -0.3 is 15.7 Å². The summed E-state index contributed by atoms with van der Waals surface area (Å²) in [6.07, 6.45) is 1.10. The van der Waals surface area contributed by atoms with Crippen LogP contribution in [0.1, 0.15) is 50.5 Å². The van der Waals surface area contributed by atoms with Crippen molar-refractivity contribution in [2.45, 2.75) is 45.8 Å². The molecule has 0 bridgehead atoms. The molecule has 0 radical (unpaired) electrons. The minimum absolute atomic E-state index is 0.100. The van der Waals surface area contributed by atoms with E-state index in [-0.39, 0.29) is 5.41 Å². The topological polar surface area (TPSA) is 69.5 Å². The molecule has 1 aromatic carbocycles. The molecule has 0 aliphatic rings. The van der Waals surface area contributed by atoms with E-state index in [1.165, 1.54) is 5.56 Å². The van der Waals surface area contributed by atoms with E-state index in [4.69, 9.17) is 11.6 Å². The zero-order valence-corrected chi connectivity index (χ0v) is 17.2. The van der Waals surface area contributed by atoms with E-state index >= 15 is 0 Å². The van der Waals surface area contributed by atoms with Gasteiger partial charge in [-0.05, 0) is 35.1 Å². The minimum atomic E-state index is -0.611. The molecule has 5 nitrogen and oxygen atoms in total. The molecule has 1 aromatic heterocycles. The highest BCUT2D eigenvalue weighted by Crippen LogP contribution is 2.23. The van der Waals surface area contributed by atoms with E-state index < -0.39 is 6.10 Å². The summed E-state index contributed by atoms with van der Waals surface area (Å²) < 4.78 is 0. The fourth-order valence-corrected chi connectivity index (χ4v) is 2.64. The Hall–Kier alpha value is -2.11. The Bertz CT molecular complexity index is 736. The van der Waals surface area contributed by atoms with Gasteiger partial charge in [-0.1, -0.05) is 62.7 Å². The molecular weight excluding hydrogens is 360 g/mol. The molecule has 0 saturated carbocycles. The second-order valence-corrected chi connectivity index (χ2v) is 7.84. The average molecular weight is 389 g/mol. The van der Waals surface area contributed by atoms with E-state index in [1.54, 1.807) is 12.3 Å². The zero-order chi connectivity index (χ0) is 19.9. The molecule has 2 aromatic rings. The maximum absolute atomic E-state index is 10.5. The van der Waals surface area contributed by atoms with Crippen LogP contribution >= 0.6 is 11.6 Å². The van der Waals surface area contributed by atoms with E-state index in [2.05, 4.69) is 53.5 Å². The average Bonchev–Trinajstić information content (AvgIpc) is 2.64. The van der Waals surface area contributed by atoms with Crippen molar-refractivity contribution >= 4 is 17.6 Å². The van der Waals surface area contributed by atoms with Crippen LogP contribution in [-0.2, 0) is 12.0 Å². The summed E-state index contributed by atoms with van der Waals surface area (Å²) in [5.74, 6) is 0.651. The van der Waals surface area contributed by atoms with Crippen LogP contribution in [0.4, 0.5) is 0 Å². The number of halogens is 1. The fourth-order valence-electron chi connectivity index (χ4n) is 2.53. The van der Waals surface area contributed by atoms with Crippen LogP contribution in [0, 0.1) is 0 Å². The lowest BCUT2D eigenvalue weighted by Gasteiger charge is -2.20. The summed E-state index contributed by atoms with van der Waals surface area (Å²) in [4.78, 5) is 8.58. The standard InChI is InChI=1S/C21H29ClN4O/c1-5-23-20(25-13-15-6-11-19(22)24-12-15)26-14-18(27)16-7-9-17(10-8-16)21(2,3)4/h6-12,18,27H,5,13-14H2,1-4H3,(H2,23,25,26). The Balaban J connectivity index is 1.95. The van der Waals surface area contributed by atoms with Crippen molar-refractivity contribution in [2.75, 3.05) is 13.1 Å². The predicted molar refractivity (Wildman–Crippen MR) is 112 cm³/mol. The summed E-state index contributed by atoms with van der Waals surface area (Å²) in [6, 6.07) is 11.8. The number of nitrogens with zero attached hydrogens (tertiary/aromatic N) is 2. The smallest absolute Gasteiger partial charge is 0.191 e. The molecule has 146 valence electrons. The second kappa shape index (κ2) is 9.72. The van der Waals surface area contributed by atoms with Gasteiger partial charge in [0.1, 0.15) is 5.15 Å². The van der Waals surface area contributed by atoms with Crippen molar-refractivity contribution in [3.05, 3.63) is 64.4 Å². The van der Waals surface area contributed by atoms with Gasteiger partial charge in [-0.25, -0.2) is 9.98 Å². The Morgan fingerprint density at radius 2 is 1.85 bits per heavy atom. The molecule has 0 fully saturated rings. The minimum Gasteiger partial charge on any atom is -0.387 e. The van der Waals surface area contributed by atoms with E-state index in [0.717, 1.165) is 17.7 Å². The van der Waals surface area contributed by atoms with Crippen LogP contribution in [0.2, 0.25) is 5.15 Å². The largest absolute Gasteiger partial charge is 0.387 e. The summed E-state index contributed by atoms with van der Waals surface area (Å²) in [6.45, 7) is 10.1. The molecule has 0 aliphatic heterocycles. The molecule has 1 atom stereocenters. The van der Waals surface area contributed by atoms with Gasteiger partial charge >= 0.3 is 0 Å². The molecule has 3 N–H and O–H groups in total. The van der Waals surface area contributed by atoms with Crippen LogP contribution in [0.15, 0.2) is 47.6 Å². The molecule has 0 spiro atoms. The zero-order valence-electron chi connectivity index (χ0n) is 16.5. The molecule has 2 rings (SSSR count). The summed E-state index contributed by atoms with van der Waals surface area (Å²) in [5.41, 5.74) is 3.20. The molecule has 6 heteroatoms. The van der Waals surface area contributed by atoms with Crippen molar-refractivity contribution < 1.29 is 5.11 Å². The number of benzene rings is 1. The summed E-state index contributed by atoms with van der Waals surface area (Å²) in [7, 11) is 0. The van der Waals surface area contributed by atoms with Gasteiger partial charge in [0.2, 0.25) is 0 Å². The first-order valence-corrected chi connectivity index (χ1v) is 9.58. The number of aliphatic hydroxyl groups is 1. The first-order chi connectivity index (χ1) is 12.8. The third-order valence-corrected chi connectivity index (χ3v) is 4.40. The molecular formula is C21H29ClN4O. The number of aliphatic imine (C=N–C) groups is 1. The van der Waals surface area contributed by atoms with Crippen molar-refractivity contribution in [1.82, 2.24) is 15.6 Å².